The number of unbranched alkanes of at least 4 members (excludes halogenated alkanes) is 1. The predicted octanol–water partition coefficient (Wildman–Crippen LogP) is 5.57. The zero-order valence-corrected chi connectivity index (χ0v) is 19.6. The third-order valence-corrected chi connectivity index (χ3v) is 5.60. The molecule has 0 radical (unpaired) electrons. The van der Waals surface area contributed by atoms with Crippen molar-refractivity contribution in [2.75, 3.05) is 6.54 Å². The first-order valence-electron chi connectivity index (χ1n) is 11.1. The van der Waals surface area contributed by atoms with Crippen molar-refractivity contribution in [1.29, 1.82) is 0 Å². The number of carbonyl (C=O) groups is 1. The first-order chi connectivity index (χ1) is 14.2. The van der Waals surface area contributed by atoms with Crippen molar-refractivity contribution in [3.05, 3.63) is 58.7 Å². The van der Waals surface area contributed by atoms with Crippen molar-refractivity contribution in [2.24, 2.45) is 21.9 Å². The number of carbonyl (C=O) groups excluding carboxylic acids is 1. The van der Waals surface area contributed by atoms with Gasteiger partial charge in [-0.2, -0.15) is 0 Å². The number of hydrogen-bond donors (Lipinski definition) is 2. The highest BCUT2D eigenvalue weighted by molar-refractivity contribution is 5.92. The average molecular weight is 412 g/mol. The van der Waals surface area contributed by atoms with Crippen molar-refractivity contribution in [2.45, 2.75) is 79.2 Å². The van der Waals surface area contributed by atoms with Gasteiger partial charge in [-0.3, -0.25) is 4.79 Å². The maximum Gasteiger partial charge on any atom is 0.262 e. The lowest BCUT2D eigenvalue weighted by Crippen LogP contribution is -2.29. The van der Waals surface area contributed by atoms with Gasteiger partial charge >= 0.3 is 0 Å². The monoisotopic (exact) mass is 411 g/mol. The number of aliphatic imine (C=N–C) groups is 1. The van der Waals surface area contributed by atoms with Crippen LogP contribution in [0.4, 0.5) is 0 Å². The Morgan fingerprint density at radius 2 is 1.87 bits per heavy atom. The second-order valence-corrected chi connectivity index (χ2v) is 8.95. The molecule has 0 unspecified atom stereocenters. The summed E-state index contributed by atoms with van der Waals surface area (Å²) in [6.07, 6.45) is 20.0. The molecule has 30 heavy (non-hydrogen) atoms. The van der Waals surface area contributed by atoms with Gasteiger partial charge in [0.1, 0.15) is 0 Å². The molecular formula is C26H41N3O. The summed E-state index contributed by atoms with van der Waals surface area (Å²) in [5, 5.41) is 0. The van der Waals surface area contributed by atoms with Crippen molar-refractivity contribution in [3.63, 3.8) is 0 Å². The Labute approximate surface area is 183 Å². The molecule has 1 aliphatic carbocycles. The van der Waals surface area contributed by atoms with Gasteiger partial charge in [-0.1, -0.05) is 61.8 Å². The number of rotatable bonds is 10. The van der Waals surface area contributed by atoms with Gasteiger partial charge in [0.15, 0.2) is 0 Å². The minimum atomic E-state index is -0.540. The van der Waals surface area contributed by atoms with Crippen LogP contribution < -0.4 is 11.5 Å². The van der Waals surface area contributed by atoms with E-state index in [1.807, 2.05) is 25.2 Å². The molecule has 1 atom stereocenters. The lowest BCUT2D eigenvalue weighted by molar-refractivity contribution is -0.119. The molecule has 4 N–H and O–H groups in total. The van der Waals surface area contributed by atoms with Crippen LogP contribution >= 0.6 is 0 Å². The Kier molecular flexibility index (Phi) is 11.5. The van der Waals surface area contributed by atoms with Gasteiger partial charge in [0.2, 0.25) is 0 Å². The highest BCUT2D eigenvalue weighted by atomic mass is 16.1. The van der Waals surface area contributed by atoms with Crippen LogP contribution in [0.1, 0.15) is 73.1 Å². The molecule has 0 spiro atoms. The van der Waals surface area contributed by atoms with E-state index in [1.165, 1.54) is 42.2 Å². The third-order valence-electron chi connectivity index (χ3n) is 5.60. The highest BCUT2D eigenvalue weighted by Gasteiger charge is 2.26. The largest absolute Gasteiger partial charge is 0.330 e. The molecular weight excluding hydrogens is 370 g/mol. The molecule has 0 aromatic heterocycles. The quantitative estimate of drug-likeness (QED) is 0.280. The minimum Gasteiger partial charge on any atom is -0.330 e. The number of allylic oxidation sites excluding steroid dienone is 10. The Morgan fingerprint density at radius 3 is 2.53 bits per heavy atom. The van der Waals surface area contributed by atoms with Crippen molar-refractivity contribution < 1.29 is 4.79 Å². The van der Waals surface area contributed by atoms with E-state index in [2.05, 4.69) is 50.9 Å². The van der Waals surface area contributed by atoms with E-state index < -0.39 is 6.04 Å². The number of amides is 1. The molecule has 1 amide bonds. The van der Waals surface area contributed by atoms with Crippen molar-refractivity contribution in [1.82, 2.24) is 0 Å². The Balaban J connectivity index is 2.60. The van der Waals surface area contributed by atoms with Gasteiger partial charge in [0.05, 0.1) is 6.04 Å². The van der Waals surface area contributed by atoms with E-state index in [0.29, 0.717) is 13.0 Å². The molecule has 4 heteroatoms. The minimum absolute atomic E-state index is 0.262. The zero-order valence-electron chi connectivity index (χ0n) is 19.6. The summed E-state index contributed by atoms with van der Waals surface area (Å²) >= 11 is 0. The molecule has 166 valence electrons. The fourth-order valence-corrected chi connectivity index (χ4v) is 3.64. The Hall–Kier alpha value is -2.04. The summed E-state index contributed by atoms with van der Waals surface area (Å²) in [5.74, 6) is -0.281. The molecule has 0 aromatic carbocycles. The second kappa shape index (κ2) is 13.3. The lowest BCUT2D eigenvalue weighted by atomic mass is 9.72. The van der Waals surface area contributed by atoms with Crippen LogP contribution in [-0.4, -0.2) is 24.7 Å². The van der Waals surface area contributed by atoms with Crippen LogP contribution in [0.3, 0.4) is 0 Å². The normalized spacial score (nSPS) is 19.4. The Morgan fingerprint density at radius 1 is 1.17 bits per heavy atom. The van der Waals surface area contributed by atoms with Crippen LogP contribution in [0.5, 0.6) is 0 Å². The van der Waals surface area contributed by atoms with E-state index in [9.17, 15) is 4.79 Å². The first kappa shape index (κ1) is 26.0. The smallest absolute Gasteiger partial charge is 0.262 e. The van der Waals surface area contributed by atoms with Crippen molar-refractivity contribution in [3.8, 4) is 0 Å². The van der Waals surface area contributed by atoms with Gasteiger partial charge in [0, 0.05) is 6.21 Å². The van der Waals surface area contributed by atoms with E-state index in [4.69, 9.17) is 11.5 Å². The van der Waals surface area contributed by atoms with E-state index in [1.54, 1.807) is 0 Å². The molecule has 0 bridgehead atoms. The molecule has 0 saturated carbocycles. The molecule has 0 aliphatic heterocycles. The maximum absolute atomic E-state index is 11.9. The first-order valence-corrected chi connectivity index (χ1v) is 11.1. The predicted molar refractivity (Wildman–Crippen MR) is 131 cm³/mol. The number of hydrogen-bond acceptors (Lipinski definition) is 3. The van der Waals surface area contributed by atoms with Gasteiger partial charge in [-0.05, 0) is 82.1 Å². The summed E-state index contributed by atoms with van der Waals surface area (Å²) < 4.78 is 0. The van der Waals surface area contributed by atoms with Gasteiger partial charge < -0.3 is 11.5 Å². The van der Waals surface area contributed by atoms with Crippen LogP contribution in [-0.2, 0) is 4.79 Å². The third kappa shape index (κ3) is 9.64. The van der Waals surface area contributed by atoms with Crippen molar-refractivity contribution >= 4 is 12.1 Å². The van der Waals surface area contributed by atoms with Gasteiger partial charge in [-0.25, -0.2) is 4.99 Å². The summed E-state index contributed by atoms with van der Waals surface area (Å²) in [7, 11) is 0. The highest BCUT2D eigenvalue weighted by Crippen LogP contribution is 2.40. The summed E-state index contributed by atoms with van der Waals surface area (Å²) in [6.45, 7) is 11.6. The molecule has 0 saturated heterocycles. The average Bonchev–Trinajstić information content (AvgIpc) is 2.67. The summed E-state index contributed by atoms with van der Waals surface area (Å²) in [4.78, 5) is 15.8. The molecule has 1 aliphatic rings. The summed E-state index contributed by atoms with van der Waals surface area (Å²) in [6, 6.07) is -0.540. The van der Waals surface area contributed by atoms with E-state index >= 15 is 0 Å². The molecule has 0 fully saturated rings. The molecule has 4 nitrogen and oxygen atoms in total. The molecule has 0 heterocycles. The molecule has 1 rings (SSSR count). The standard InChI is InChI=1S/C26H41N3O/c1-20(14-15-23-22(3)12-9-17-26(23,4)5)10-8-11-21(2)16-19-29-25(30)24(28)13-6-7-18-27/h8,10-11,14-16,19,24H,6-7,9,12-13,17-18,27-28H2,1-5H3/b11-8-,15-14+,20-10+,21-16+,29-19?/t24-/m0/s1. The topological polar surface area (TPSA) is 81.5 Å². The van der Waals surface area contributed by atoms with Gasteiger partial charge in [0.25, 0.3) is 5.91 Å². The molecule has 0 aromatic rings. The number of nitrogens with two attached hydrogens (primary N) is 2. The SMILES string of the molecule is CC1=C(/C=C/C(C)=C/C=C\C(C)=C\C=NC(=O)[C@@H](N)CCCCN)C(C)(C)CCC1. The lowest BCUT2D eigenvalue weighted by Gasteiger charge is -2.32. The van der Waals surface area contributed by atoms with Crippen LogP contribution in [0.2, 0.25) is 0 Å². The van der Waals surface area contributed by atoms with Crippen LogP contribution in [0.15, 0.2) is 63.7 Å². The fourth-order valence-electron chi connectivity index (χ4n) is 3.64. The zero-order chi connectivity index (χ0) is 22.6. The Bertz CT molecular complexity index is 748. The number of nitrogens with zero attached hydrogens (tertiary/aromatic N) is 1. The summed E-state index contributed by atoms with van der Waals surface area (Å²) in [5.41, 5.74) is 16.8. The fraction of sp³-hybridized carbons (Fsp3) is 0.538. The maximum atomic E-state index is 11.9. The van der Waals surface area contributed by atoms with Crippen LogP contribution in [0.25, 0.3) is 0 Å². The van der Waals surface area contributed by atoms with E-state index in [-0.39, 0.29) is 11.3 Å². The van der Waals surface area contributed by atoms with Crippen LogP contribution in [0, 0.1) is 5.41 Å². The second-order valence-electron chi connectivity index (χ2n) is 8.95. The van der Waals surface area contributed by atoms with Gasteiger partial charge in [-0.15, -0.1) is 0 Å². The van der Waals surface area contributed by atoms with E-state index in [0.717, 1.165) is 18.4 Å².